The Labute approximate surface area is 74.9 Å². The van der Waals surface area contributed by atoms with Crippen LogP contribution in [0.2, 0.25) is 0 Å². The van der Waals surface area contributed by atoms with Gasteiger partial charge in [-0.25, -0.2) is 4.98 Å². The molecule has 0 bridgehead atoms. The lowest BCUT2D eigenvalue weighted by atomic mass is 10.1. The van der Waals surface area contributed by atoms with Crippen LogP contribution in [-0.2, 0) is 5.92 Å². The highest BCUT2D eigenvalue weighted by Gasteiger charge is 2.27. The molecule has 70 valence electrons. The van der Waals surface area contributed by atoms with Crippen LogP contribution in [0.25, 0.3) is 0 Å². The number of alkyl halides is 2. The summed E-state index contributed by atoms with van der Waals surface area (Å²) in [7, 11) is 1.37. The zero-order valence-corrected chi connectivity index (χ0v) is 7.13. The van der Waals surface area contributed by atoms with E-state index in [2.05, 4.69) is 11.6 Å². The molecular formula is C9H9F2NO. The smallest absolute Gasteiger partial charge is 0.291 e. The van der Waals surface area contributed by atoms with Crippen molar-refractivity contribution in [2.75, 3.05) is 7.11 Å². The fourth-order valence-electron chi connectivity index (χ4n) is 0.846. The number of methoxy groups -OCH3 is 1. The van der Waals surface area contributed by atoms with Crippen molar-refractivity contribution < 1.29 is 13.5 Å². The van der Waals surface area contributed by atoms with Crippen molar-refractivity contribution in [1.82, 2.24) is 4.98 Å². The zero-order chi connectivity index (χ0) is 9.90. The largest absolute Gasteiger partial charge is 0.481 e. The second-order valence-electron chi connectivity index (χ2n) is 2.41. The van der Waals surface area contributed by atoms with Crippen LogP contribution in [0.15, 0.2) is 31.0 Å². The number of ether oxygens (including phenoxy) is 1. The summed E-state index contributed by atoms with van der Waals surface area (Å²) in [5, 5.41) is 0. The molecular weight excluding hydrogens is 176 g/mol. The van der Waals surface area contributed by atoms with E-state index in [1.807, 2.05) is 0 Å². The number of aromatic nitrogens is 1. The van der Waals surface area contributed by atoms with Gasteiger partial charge in [0.2, 0.25) is 5.88 Å². The van der Waals surface area contributed by atoms with Gasteiger partial charge >= 0.3 is 0 Å². The van der Waals surface area contributed by atoms with E-state index in [0.29, 0.717) is 6.08 Å². The van der Waals surface area contributed by atoms with Gasteiger partial charge in [-0.3, -0.25) is 0 Å². The van der Waals surface area contributed by atoms with Gasteiger partial charge in [-0.05, 0) is 12.1 Å². The van der Waals surface area contributed by atoms with Gasteiger partial charge in [-0.1, -0.05) is 6.58 Å². The number of nitrogens with zero attached hydrogens (tertiary/aromatic N) is 1. The molecule has 0 fully saturated rings. The second-order valence-corrected chi connectivity index (χ2v) is 2.41. The highest BCUT2D eigenvalue weighted by molar-refractivity contribution is 5.27. The van der Waals surface area contributed by atoms with E-state index in [1.165, 1.54) is 25.4 Å². The summed E-state index contributed by atoms with van der Waals surface area (Å²) in [6, 6.07) is 2.41. The Morgan fingerprint density at radius 1 is 1.62 bits per heavy atom. The minimum Gasteiger partial charge on any atom is -0.481 e. The number of rotatable bonds is 3. The third-order valence-corrected chi connectivity index (χ3v) is 1.59. The molecule has 4 heteroatoms. The number of halogens is 2. The SMILES string of the molecule is C=CC(F)(F)c1ccnc(OC)c1. The van der Waals surface area contributed by atoms with E-state index < -0.39 is 5.92 Å². The van der Waals surface area contributed by atoms with Crippen LogP contribution in [-0.4, -0.2) is 12.1 Å². The van der Waals surface area contributed by atoms with Crippen molar-refractivity contribution in [3.8, 4) is 5.88 Å². The second kappa shape index (κ2) is 3.51. The van der Waals surface area contributed by atoms with Gasteiger partial charge in [0, 0.05) is 17.8 Å². The summed E-state index contributed by atoms with van der Waals surface area (Å²) in [4.78, 5) is 3.72. The molecule has 0 unspecified atom stereocenters. The Morgan fingerprint density at radius 3 is 2.85 bits per heavy atom. The molecule has 13 heavy (non-hydrogen) atoms. The van der Waals surface area contributed by atoms with Crippen LogP contribution in [0.1, 0.15) is 5.56 Å². The first-order valence-corrected chi connectivity index (χ1v) is 3.62. The lowest BCUT2D eigenvalue weighted by molar-refractivity contribution is 0.0521. The summed E-state index contributed by atoms with van der Waals surface area (Å²) in [6.45, 7) is 3.05. The third kappa shape index (κ3) is 2.02. The minimum absolute atomic E-state index is 0.166. The van der Waals surface area contributed by atoms with Crippen molar-refractivity contribution in [1.29, 1.82) is 0 Å². The van der Waals surface area contributed by atoms with E-state index in [1.54, 1.807) is 0 Å². The Bertz CT molecular complexity index is 312. The average Bonchev–Trinajstić information content (AvgIpc) is 2.18. The van der Waals surface area contributed by atoms with E-state index in [9.17, 15) is 8.78 Å². The van der Waals surface area contributed by atoms with Gasteiger partial charge in [-0.15, -0.1) is 0 Å². The predicted molar refractivity (Wildman–Crippen MR) is 44.9 cm³/mol. The van der Waals surface area contributed by atoms with Crippen molar-refractivity contribution in [3.63, 3.8) is 0 Å². The number of hydrogen-bond donors (Lipinski definition) is 0. The number of pyridine rings is 1. The van der Waals surface area contributed by atoms with Crippen LogP contribution in [0.3, 0.4) is 0 Å². The van der Waals surface area contributed by atoms with E-state index in [0.717, 1.165) is 0 Å². The summed E-state index contributed by atoms with van der Waals surface area (Å²) in [5.74, 6) is -2.87. The van der Waals surface area contributed by atoms with Gasteiger partial charge in [-0.2, -0.15) is 8.78 Å². The predicted octanol–water partition coefficient (Wildman–Crippen LogP) is 2.37. The van der Waals surface area contributed by atoms with Crippen molar-refractivity contribution in [2.45, 2.75) is 5.92 Å². The normalized spacial score (nSPS) is 11.0. The van der Waals surface area contributed by atoms with Gasteiger partial charge in [0.05, 0.1) is 7.11 Å². The number of allylic oxidation sites excluding steroid dienone is 1. The third-order valence-electron chi connectivity index (χ3n) is 1.59. The Balaban J connectivity index is 3.08. The first-order valence-electron chi connectivity index (χ1n) is 3.62. The fraction of sp³-hybridized carbons (Fsp3) is 0.222. The highest BCUT2D eigenvalue weighted by atomic mass is 19.3. The summed E-state index contributed by atoms with van der Waals surface area (Å²) < 4.78 is 30.7. The average molecular weight is 185 g/mol. The van der Waals surface area contributed by atoms with Crippen LogP contribution >= 0.6 is 0 Å². The molecule has 0 aromatic carbocycles. The van der Waals surface area contributed by atoms with Crippen molar-refractivity contribution in [2.24, 2.45) is 0 Å². The highest BCUT2D eigenvalue weighted by Crippen LogP contribution is 2.29. The Morgan fingerprint density at radius 2 is 2.31 bits per heavy atom. The van der Waals surface area contributed by atoms with E-state index >= 15 is 0 Å². The standard InChI is InChI=1S/C9H9F2NO/c1-3-9(10,11)7-4-5-12-8(6-7)13-2/h3-6H,1H2,2H3. The molecule has 1 aromatic heterocycles. The first-order chi connectivity index (χ1) is 6.10. The first kappa shape index (κ1) is 9.64. The molecule has 1 aromatic rings. The molecule has 0 aliphatic rings. The van der Waals surface area contributed by atoms with Crippen molar-refractivity contribution >= 4 is 0 Å². The van der Waals surface area contributed by atoms with Gasteiger partial charge < -0.3 is 4.74 Å². The molecule has 0 N–H and O–H groups in total. The molecule has 0 aliphatic carbocycles. The lowest BCUT2D eigenvalue weighted by Gasteiger charge is -2.11. The van der Waals surface area contributed by atoms with Crippen molar-refractivity contribution in [3.05, 3.63) is 36.5 Å². The van der Waals surface area contributed by atoms with Gasteiger partial charge in [0.25, 0.3) is 5.92 Å². The summed E-state index contributed by atoms with van der Waals surface area (Å²) in [5.41, 5.74) is -0.172. The topological polar surface area (TPSA) is 22.1 Å². The van der Waals surface area contributed by atoms with E-state index in [4.69, 9.17) is 4.74 Å². The molecule has 0 saturated heterocycles. The molecule has 0 amide bonds. The molecule has 1 heterocycles. The Hall–Kier alpha value is -1.45. The van der Waals surface area contributed by atoms with Crippen LogP contribution in [0.5, 0.6) is 5.88 Å². The van der Waals surface area contributed by atoms with Gasteiger partial charge in [0.15, 0.2) is 0 Å². The monoisotopic (exact) mass is 185 g/mol. The molecule has 1 rings (SSSR count). The maximum absolute atomic E-state index is 13.0. The molecule has 0 radical (unpaired) electrons. The molecule has 0 atom stereocenters. The summed E-state index contributed by atoms with van der Waals surface area (Å²) in [6.07, 6.45) is 1.85. The molecule has 0 saturated carbocycles. The van der Waals surface area contributed by atoms with Gasteiger partial charge in [0.1, 0.15) is 0 Å². The van der Waals surface area contributed by atoms with E-state index in [-0.39, 0.29) is 11.4 Å². The lowest BCUT2D eigenvalue weighted by Crippen LogP contribution is -2.09. The Kier molecular flexibility index (Phi) is 2.60. The zero-order valence-electron chi connectivity index (χ0n) is 7.13. The molecule has 2 nitrogen and oxygen atoms in total. The maximum atomic E-state index is 13.0. The van der Waals surface area contributed by atoms with Crippen LogP contribution in [0.4, 0.5) is 8.78 Å². The maximum Gasteiger partial charge on any atom is 0.291 e. The fourth-order valence-corrected chi connectivity index (χ4v) is 0.846. The van der Waals surface area contributed by atoms with Crippen LogP contribution < -0.4 is 4.74 Å². The van der Waals surface area contributed by atoms with Crippen LogP contribution in [0, 0.1) is 0 Å². The molecule has 0 spiro atoms. The molecule has 0 aliphatic heterocycles. The summed E-state index contributed by atoms with van der Waals surface area (Å²) >= 11 is 0. The minimum atomic E-state index is -3.03. The number of hydrogen-bond acceptors (Lipinski definition) is 2. The quantitative estimate of drug-likeness (QED) is 0.674.